The van der Waals surface area contributed by atoms with Crippen molar-refractivity contribution in [1.29, 1.82) is 0 Å². The van der Waals surface area contributed by atoms with E-state index in [1.165, 1.54) is 12.3 Å². The normalized spacial score (nSPS) is 13.9. The second-order valence-corrected chi connectivity index (χ2v) is 3.38. The average Bonchev–Trinajstić information content (AvgIpc) is 2.14. The lowest BCUT2D eigenvalue weighted by Crippen LogP contribution is -2.08. The molecule has 0 bridgehead atoms. The van der Waals surface area contributed by atoms with Crippen LogP contribution in [0.4, 0.5) is 13.2 Å². The Hall–Kier alpha value is -1.10. The van der Waals surface area contributed by atoms with Crippen molar-refractivity contribution in [3.05, 3.63) is 29.6 Å². The molecule has 84 valence electrons. The van der Waals surface area contributed by atoms with Gasteiger partial charge in [-0.3, -0.25) is 4.98 Å². The zero-order chi connectivity index (χ0) is 11.5. The first-order valence-corrected chi connectivity index (χ1v) is 4.58. The highest BCUT2D eigenvalue weighted by Gasteiger charge is 2.26. The fraction of sp³-hybridized carbons (Fsp3) is 0.500. The molecule has 0 spiro atoms. The maximum Gasteiger partial charge on any atom is 0.389 e. The van der Waals surface area contributed by atoms with Gasteiger partial charge in [0.15, 0.2) is 0 Å². The summed E-state index contributed by atoms with van der Waals surface area (Å²) >= 11 is 0. The molecule has 0 fully saturated rings. The van der Waals surface area contributed by atoms with Gasteiger partial charge in [-0.25, -0.2) is 0 Å². The van der Waals surface area contributed by atoms with Gasteiger partial charge in [0.1, 0.15) is 0 Å². The Morgan fingerprint density at radius 3 is 2.47 bits per heavy atom. The summed E-state index contributed by atoms with van der Waals surface area (Å²) in [5.74, 6) is 0. The standard InChI is InChI=1S/C10H12F3NO/c1-7(15)9-3-2-8(6-14-9)4-5-10(11,12)13/h2-3,6-7,15H,4-5H2,1H3. The zero-order valence-electron chi connectivity index (χ0n) is 8.25. The quantitative estimate of drug-likeness (QED) is 0.847. The Bertz CT molecular complexity index is 305. The molecule has 2 nitrogen and oxygen atoms in total. The van der Waals surface area contributed by atoms with Crippen LogP contribution < -0.4 is 0 Å². The van der Waals surface area contributed by atoms with E-state index in [0.29, 0.717) is 11.3 Å². The first-order chi connectivity index (χ1) is 6.88. The molecule has 0 aliphatic heterocycles. The minimum absolute atomic E-state index is 0.0728. The van der Waals surface area contributed by atoms with Crippen molar-refractivity contribution < 1.29 is 18.3 Å². The highest BCUT2D eigenvalue weighted by molar-refractivity contribution is 5.15. The van der Waals surface area contributed by atoms with Gasteiger partial charge in [-0.2, -0.15) is 13.2 Å². The van der Waals surface area contributed by atoms with Crippen LogP contribution in [0.2, 0.25) is 0 Å². The van der Waals surface area contributed by atoms with Crippen LogP contribution in [0.5, 0.6) is 0 Å². The van der Waals surface area contributed by atoms with Gasteiger partial charge in [-0.05, 0) is 25.0 Å². The van der Waals surface area contributed by atoms with Gasteiger partial charge in [0.25, 0.3) is 0 Å². The highest BCUT2D eigenvalue weighted by Crippen LogP contribution is 2.22. The molecule has 0 aliphatic carbocycles. The summed E-state index contributed by atoms with van der Waals surface area (Å²) in [5.41, 5.74) is 0.988. The van der Waals surface area contributed by atoms with E-state index in [4.69, 9.17) is 5.11 Å². The van der Waals surface area contributed by atoms with Gasteiger partial charge in [0.2, 0.25) is 0 Å². The molecule has 1 N–H and O–H groups in total. The van der Waals surface area contributed by atoms with Crippen LogP contribution in [0.25, 0.3) is 0 Å². The third-order valence-corrected chi connectivity index (χ3v) is 1.97. The molecule has 0 saturated heterocycles. The first-order valence-electron chi connectivity index (χ1n) is 4.58. The molecule has 1 rings (SSSR count). The Kier molecular flexibility index (Phi) is 3.68. The van der Waals surface area contributed by atoms with Gasteiger partial charge >= 0.3 is 6.18 Å². The fourth-order valence-electron chi connectivity index (χ4n) is 1.12. The van der Waals surface area contributed by atoms with Crippen LogP contribution >= 0.6 is 0 Å². The van der Waals surface area contributed by atoms with Crippen molar-refractivity contribution in [2.75, 3.05) is 0 Å². The van der Waals surface area contributed by atoms with Crippen LogP contribution in [-0.4, -0.2) is 16.3 Å². The molecule has 1 atom stereocenters. The van der Waals surface area contributed by atoms with Crippen LogP contribution in [0.3, 0.4) is 0 Å². The van der Waals surface area contributed by atoms with E-state index in [1.54, 1.807) is 13.0 Å². The largest absolute Gasteiger partial charge is 0.389 e. The van der Waals surface area contributed by atoms with Gasteiger partial charge in [0.05, 0.1) is 11.8 Å². The summed E-state index contributed by atoms with van der Waals surface area (Å²) in [5, 5.41) is 9.13. The van der Waals surface area contributed by atoms with E-state index in [1.807, 2.05) is 0 Å². The smallest absolute Gasteiger partial charge is 0.387 e. The first kappa shape index (κ1) is 12.0. The average molecular weight is 219 g/mol. The van der Waals surface area contributed by atoms with Gasteiger partial charge in [-0.1, -0.05) is 6.07 Å². The molecule has 1 aromatic rings. The van der Waals surface area contributed by atoms with Crippen molar-refractivity contribution in [2.45, 2.75) is 32.0 Å². The van der Waals surface area contributed by atoms with Gasteiger partial charge in [-0.15, -0.1) is 0 Å². The van der Waals surface area contributed by atoms with Crippen LogP contribution in [0.15, 0.2) is 18.3 Å². The van der Waals surface area contributed by atoms with E-state index < -0.39 is 18.7 Å². The number of aliphatic hydroxyl groups is 1. The van der Waals surface area contributed by atoms with E-state index >= 15 is 0 Å². The number of aryl methyl sites for hydroxylation is 1. The number of aliphatic hydroxyl groups excluding tert-OH is 1. The summed E-state index contributed by atoms with van der Waals surface area (Å²) < 4.78 is 35.7. The van der Waals surface area contributed by atoms with E-state index in [9.17, 15) is 13.2 Å². The SMILES string of the molecule is CC(O)c1ccc(CCC(F)(F)F)cn1. The molecule has 0 radical (unpaired) electrons. The third kappa shape index (κ3) is 4.29. The van der Waals surface area contributed by atoms with Crippen molar-refractivity contribution in [3.63, 3.8) is 0 Å². The van der Waals surface area contributed by atoms with Gasteiger partial charge < -0.3 is 5.11 Å². The third-order valence-electron chi connectivity index (χ3n) is 1.97. The maximum atomic E-state index is 11.9. The molecule has 1 unspecified atom stereocenters. The number of nitrogens with zero attached hydrogens (tertiary/aromatic N) is 1. The van der Waals surface area contributed by atoms with E-state index in [2.05, 4.69) is 4.98 Å². The summed E-state index contributed by atoms with van der Waals surface area (Å²) in [7, 11) is 0. The molecule has 1 heterocycles. The molecular formula is C10H12F3NO. The van der Waals surface area contributed by atoms with Crippen molar-refractivity contribution in [2.24, 2.45) is 0 Å². The number of hydrogen-bond donors (Lipinski definition) is 1. The topological polar surface area (TPSA) is 33.1 Å². The van der Waals surface area contributed by atoms with Gasteiger partial charge in [0, 0.05) is 12.6 Å². The second kappa shape index (κ2) is 4.61. The lowest BCUT2D eigenvalue weighted by atomic mass is 10.1. The van der Waals surface area contributed by atoms with Crippen molar-refractivity contribution in [1.82, 2.24) is 4.98 Å². The predicted octanol–water partition coefficient (Wildman–Crippen LogP) is 2.63. The highest BCUT2D eigenvalue weighted by atomic mass is 19.4. The number of hydrogen-bond acceptors (Lipinski definition) is 2. The molecule has 0 aromatic carbocycles. The predicted molar refractivity (Wildman–Crippen MR) is 49.2 cm³/mol. The Morgan fingerprint density at radius 2 is 2.07 bits per heavy atom. The molecule has 0 saturated carbocycles. The minimum atomic E-state index is -4.14. The maximum absolute atomic E-state index is 11.9. The van der Waals surface area contributed by atoms with Crippen LogP contribution in [-0.2, 0) is 6.42 Å². The molecule has 0 aliphatic rings. The van der Waals surface area contributed by atoms with E-state index in [0.717, 1.165) is 0 Å². The van der Waals surface area contributed by atoms with Crippen LogP contribution in [0, 0.1) is 0 Å². The Labute approximate surface area is 85.8 Å². The van der Waals surface area contributed by atoms with Crippen LogP contribution in [0.1, 0.15) is 30.7 Å². The summed E-state index contributed by atoms with van der Waals surface area (Å²) in [6, 6.07) is 3.09. The number of alkyl halides is 3. The molecule has 15 heavy (non-hydrogen) atoms. The molecule has 1 aromatic heterocycles. The van der Waals surface area contributed by atoms with Crippen molar-refractivity contribution >= 4 is 0 Å². The minimum Gasteiger partial charge on any atom is -0.387 e. The van der Waals surface area contributed by atoms with Crippen molar-refractivity contribution in [3.8, 4) is 0 Å². The Morgan fingerprint density at radius 1 is 1.40 bits per heavy atom. The molecule has 5 heteroatoms. The number of rotatable bonds is 3. The molecule has 0 amide bonds. The summed E-state index contributed by atoms with van der Waals surface area (Å²) in [6.45, 7) is 1.55. The second-order valence-electron chi connectivity index (χ2n) is 3.38. The lowest BCUT2D eigenvalue weighted by Gasteiger charge is -2.07. The Balaban J connectivity index is 2.57. The molecular weight excluding hydrogens is 207 g/mol. The fourth-order valence-corrected chi connectivity index (χ4v) is 1.12. The van der Waals surface area contributed by atoms with E-state index in [-0.39, 0.29) is 6.42 Å². The zero-order valence-corrected chi connectivity index (χ0v) is 8.25. The lowest BCUT2D eigenvalue weighted by molar-refractivity contribution is -0.134. The number of pyridine rings is 1. The summed E-state index contributed by atoms with van der Waals surface area (Å²) in [4.78, 5) is 3.86. The monoisotopic (exact) mass is 219 g/mol. The number of aromatic nitrogens is 1. The summed E-state index contributed by atoms with van der Waals surface area (Å²) in [6.07, 6.45) is -4.38. The number of halogens is 3.